The fourth-order valence-electron chi connectivity index (χ4n) is 5.55. The first-order valence-corrected chi connectivity index (χ1v) is 12.0. The van der Waals surface area contributed by atoms with Crippen LogP contribution in [0, 0.1) is 0 Å². The number of carbonyl (C=O) groups is 3. The molecule has 0 saturated carbocycles. The number of carbonyl (C=O) groups excluding carboxylic acids is 3. The van der Waals surface area contributed by atoms with E-state index in [1.54, 1.807) is 24.3 Å². The van der Waals surface area contributed by atoms with Crippen LogP contribution >= 0.6 is 0 Å². The van der Waals surface area contributed by atoms with Crippen molar-refractivity contribution in [2.24, 2.45) is 0 Å². The standard InChI is InChI=1S/C28H33N3O5/c1-16(2)31-22-10-8-18(12-20(22)17(3)15-28(31,4)5)13-21-25(32)29-27(34)30(26(21)33)23-11-9-19(35-6)14-24(23)36-7/h8-14,16-17H,15H2,1-7H3,(H,29,32,34)/b21-13+. The van der Waals surface area contributed by atoms with E-state index in [4.69, 9.17) is 9.47 Å². The van der Waals surface area contributed by atoms with Crippen molar-refractivity contribution >= 4 is 35.3 Å². The molecule has 190 valence electrons. The first-order valence-electron chi connectivity index (χ1n) is 12.0. The molecule has 4 rings (SSSR count). The maximum atomic E-state index is 13.4. The van der Waals surface area contributed by atoms with E-state index >= 15 is 0 Å². The van der Waals surface area contributed by atoms with Gasteiger partial charge in [-0.15, -0.1) is 0 Å². The number of rotatable bonds is 5. The largest absolute Gasteiger partial charge is 0.497 e. The van der Waals surface area contributed by atoms with Gasteiger partial charge < -0.3 is 14.4 Å². The van der Waals surface area contributed by atoms with Gasteiger partial charge in [0.1, 0.15) is 17.1 Å². The summed E-state index contributed by atoms with van der Waals surface area (Å²) in [5, 5.41) is 2.28. The molecule has 2 aromatic rings. The van der Waals surface area contributed by atoms with Crippen molar-refractivity contribution < 1.29 is 23.9 Å². The van der Waals surface area contributed by atoms with Crippen LogP contribution in [0.25, 0.3) is 6.08 Å². The van der Waals surface area contributed by atoms with E-state index in [0.717, 1.165) is 22.6 Å². The summed E-state index contributed by atoms with van der Waals surface area (Å²) in [5.74, 6) is -0.368. The summed E-state index contributed by atoms with van der Waals surface area (Å²) in [4.78, 5) is 42.2. The Balaban J connectivity index is 1.75. The average molecular weight is 492 g/mol. The highest BCUT2D eigenvalue weighted by Crippen LogP contribution is 2.45. The molecule has 0 radical (unpaired) electrons. The quantitative estimate of drug-likeness (QED) is 0.474. The zero-order valence-electron chi connectivity index (χ0n) is 21.8. The van der Waals surface area contributed by atoms with Gasteiger partial charge in [-0.25, -0.2) is 9.69 Å². The fraction of sp³-hybridized carbons (Fsp3) is 0.393. The minimum absolute atomic E-state index is 0.0120. The van der Waals surface area contributed by atoms with E-state index in [1.165, 1.54) is 19.8 Å². The Hall–Kier alpha value is -3.81. The molecule has 0 spiro atoms. The number of anilines is 2. The fourth-order valence-corrected chi connectivity index (χ4v) is 5.55. The van der Waals surface area contributed by atoms with Crippen molar-refractivity contribution in [3.05, 3.63) is 53.1 Å². The Kier molecular flexibility index (Phi) is 6.56. The zero-order chi connectivity index (χ0) is 26.4. The average Bonchev–Trinajstić information content (AvgIpc) is 2.81. The predicted octanol–water partition coefficient (Wildman–Crippen LogP) is 4.87. The van der Waals surface area contributed by atoms with Gasteiger partial charge >= 0.3 is 6.03 Å². The molecular formula is C28H33N3O5. The van der Waals surface area contributed by atoms with Gasteiger partial charge in [-0.1, -0.05) is 13.0 Å². The van der Waals surface area contributed by atoms with Crippen LogP contribution in [0.1, 0.15) is 58.1 Å². The van der Waals surface area contributed by atoms with Crippen LogP contribution in [0.3, 0.4) is 0 Å². The summed E-state index contributed by atoms with van der Waals surface area (Å²) in [6.45, 7) is 11.1. The third kappa shape index (κ3) is 4.32. The van der Waals surface area contributed by atoms with Crippen LogP contribution in [-0.2, 0) is 9.59 Å². The number of barbiturate groups is 1. The number of nitrogens with zero attached hydrogens (tertiary/aromatic N) is 2. The molecule has 8 nitrogen and oxygen atoms in total. The molecule has 1 saturated heterocycles. The first kappa shape index (κ1) is 25.3. The highest BCUT2D eigenvalue weighted by molar-refractivity contribution is 6.39. The van der Waals surface area contributed by atoms with Gasteiger partial charge in [0.2, 0.25) is 0 Å². The Bertz CT molecular complexity index is 1260. The van der Waals surface area contributed by atoms with Crippen LogP contribution < -0.4 is 24.6 Å². The molecule has 2 aliphatic rings. The van der Waals surface area contributed by atoms with Crippen LogP contribution in [0.5, 0.6) is 11.5 Å². The number of ether oxygens (including phenoxy) is 2. The normalized spacial score (nSPS) is 20.5. The summed E-state index contributed by atoms with van der Waals surface area (Å²) < 4.78 is 10.6. The van der Waals surface area contributed by atoms with E-state index in [9.17, 15) is 14.4 Å². The molecule has 0 bridgehead atoms. The zero-order valence-corrected chi connectivity index (χ0v) is 21.8. The van der Waals surface area contributed by atoms with Gasteiger partial charge in [-0.05, 0) is 81.5 Å². The highest BCUT2D eigenvalue weighted by Gasteiger charge is 2.39. The Morgan fingerprint density at radius 2 is 1.72 bits per heavy atom. The molecule has 2 heterocycles. The van der Waals surface area contributed by atoms with Crippen molar-refractivity contribution in [3.8, 4) is 11.5 Å². The number of fused-ring (bicyclic) bond motifs is 1. The van der Waals surface area contributed by atoms with E-state index in [1.807, 2.05) is 12.1 Å². The van der Waals surface area contributed by atoms with Crippen molar-refractivity contribution in [1.29, 1.82) is 0 Å². The molecule has 1 fully saturated rings. The highest BCUT2D eigenvalue weighted by atomic mass is 16.5. The van der Waals surface area contributed by atoms with E-state index in [-0.39, 0.29) is 22.5 Å². The maximum Gasteiger partial charge on any atom is 0.336 e. The van der Waals surface area contributed by atoms with Crippen LogP contribution in [0.2, 0.25) is 0 Å². The van der Waals surface area contributed by atoms with Crippen LogP contribution in [0.4, 0.5) is 16.2 Å². The number of urea groups is 1. The van der Waals surface area contributed by atoms with Crippen molar-refractivity contribution in [1.82, 2.24) is 5.32 Å². The second kappa shape index (κ2) is 9.33. The molecule has 4 amide bonds. The molecule has 2 aromatic carbocycles. The van der Waals surface area contributed by atoms with Gasteiger partial charge in [-0.2, -0.15) is 0 Å². The SMILES string of the molecule is COc1ccc(N2C(=O)NC(=O)/C(=C\c3ccc4c(c3)C(C)CC(C)(C)N4C(C)C)C2=O)c(OC)c1. The van der Waals surface area contributed by atoms with Crippen molar-refractivity contribution in [2.75, 3.05) is 24.0 Å². The van der Waals surface area contributed by atoms with Gasteiger partial charge in [0.05, 0.1) is 19.9 Å². The lowest BCUT2D eigenvalue weighted by molar-refractivity contribution is -0.122. The number of amides is 4. The minimum atomic E-state index is -0.834. The molecule has 1 atom stereocenters. The number of nitrogens with one attached hydrogen (secondary N) is 1. The second-order valence-electron chi connectivity index (χ2n) is 10.2. The smallest absolute Gasteiger partial charge is 0.336 e. The number of methoxy groups -OCH3 is 2. The summed E-state index contributed by atoms with van der Waals surface area (Å²) >= 11 is 0. The molecular weight excluding hydrogens is 458 g/mol. The number of hydrogen-bond acceptors (Lipinski definition) is 6. The molecule has 0 aromatic heterocycles. The second-order valence-corrected chi connectivity index (χ2v) is 10.2. The van der Waals surface area contributed by atoms with Crippen LogP contribution in [-0.4, -0.2) is 43.6 Å². The molecule has 36 heavy (non-hydrogen) atoms. The number of imide groups is 2. The summed E-state index contributed by atoms with van der Waals surface area (Å²) in [5.41, 5.74) is 3.15. The van der Waals surface area contributed by atoms with Crippen molar-refractivity contribution in [3.63, 3.8) is 0 Å². The number of benzene rings is 2. The van der Waals surface area contributed by atoms with Gasteiger partial charge in [0.15, 0.2) is 0 Å². The van der Waals surface area contributed by atoms with E-state index < -0.39 is 17.8 Å². The Labute approximate surface area is 211 Å². The first-order chi connectivity index (χ1) is 17.0. The van der Waals surface area contributed by atoms with Crippen molar-refractivity contribution in [2.45, 2.75) is 58.5 Å². The molecule has 1 unspecified atom stereocenters. The topological polar surface area (TPSA) is 88.2 Å². The maximum absolute atomic E-state index is 13.4. The third-order valence-corrected chi connectivity index (χ3v) is 6.86. The minimum Gasteiger partial charge on any atom is -0.497 e. The summed E-state index contributed by atoms with van der Waals surface area (Å²) in [6.07, 6.45) is 2.52. The summed E-state index contributed by atoms with van der Waals surface area (Å²) in [6, 6.07) is 10.2. The summed E-state index contributed by atoms with van der Waals surface area (Å²) in [7, 11) is 2.94. The lowest BCUT2D eigenvalue weighted by atomic mass is 9.78. The molecule has 2 aliphatic heterocycles. The molecule has 8 heteroatoms. The van der Waals surface area contributed by atoms with Gasteiger partial charge in [0.25, 0.3) is 11.8 Å². The molecule has 0 aliphatic carbocycles. The lowest BCUT2D eigenvalue weighted by Gasteiger charge is -2.50. The predicted molar refractivity (Wildman–Crippen MR) is 140 cm³/mol. The Morgan fingerprint density at radius 3 is 2.36 bits per heavy atom. The van der Waals surface area contributed by atoms with E-state index in [2.05, 4.69) is 50.9 Å². The molecule has 1 N–H and O–H groups in total. The monoisotopic (exact) mass is 491 g/mol. The van der Waals surface area contributed by atoms with Gasteiger partial charge in [0, 0.05) is 23.3 Å². The van der Waals surface area contributed by atoms with Crippen LogP contribution in [0.15, 0.2) is 42.0 Å². The lowest BCUT2D eigenvalue weighted by Crippen LogP contribution is -2.54. The van der Waals surface area contributed by atoms with E-state index in [0.29, 0.717) is 17.7 Å². The number of hydrogen-bond donors (Lipinski definition) is 1. The van der Waals surface area contributed by atoms with Gasteiger partial charge in [-0.3, -0.25) is 14.9 Å². The Morgan fingerprint density at radius 1 is 1.03 bits per heavy atom. The third-order valence-electron chi connectivity index (χ3n) is 6.86.